The van der Waals surface area contributed by atoms with E-state index in [4.69, 9.17) is 0 Å². The summed E-state index contributed by atoms with van der Waals surface area (Å²) >= 11 is 0. The summed E-state index contributed by atoms with van der Waals surface area (Å²) < 4.78 is 0. The summed E-state index contributed by atoms with van der Waals surface area (Å²) in [7, 11) is 3.41. The molecule has 0 spiro atoms. The fourth-order valence-corrected chi connectivity index (χ4v) is 1.52. The lowest BCUT2D eigenvalue weighted by Gasteiger charge is -2.13. The number of amides is 3. The van der Waals surface area contributed by atoms with Crippen molar-refractivity contribution >= 4 is 11.9 Å². The Hall–Kier alpha value is -1.30. The molecule has 0 bridgehead atoms. The second-order valence-corrected chi connectivity index (χ2v) is 4.13. The maximum absolute atomic E-state index is 11.1. The molecule has 1 unspecified atom stereocenters. The molecular formula is C10H20N4O2. The van der Waals surface area contributed by atoms with Crippen molar-refractivity contribution in [2.75, 3.05) is 33.7 Å². The molecule has 1 saturated heterocycles. The van der Waals surface area contributed by atoms with Crippen LogP contribution in [0.5, 0.6) is 0 Å². The monoisotopic (exact) mass is 228 g/mol. The van der Waals surface area contributed by atoms with Gasteiger partial charge in [-0.05, 0) is 6.42 Å². The van der Waals surface area contributed by atoms with Crippen LogP contribution in [0.25, 0.3) is 0 Å². The zero-order valence-corrected chi connectivity index (χ0v) is 9.88. The third-order valence-corrected chi connectivity index (χ3v) is 2.46. The van der Waals surface area contributed by atoms with E-state index in [1.807, 2.05) is 0 Å². The highest BCUT2D eigenvalue weighted by molar-refractivity contribution is 5.78. The maximum Gasteiger partial charge on any atom is 0.316 e. The Morgan fingerprint density at radius 3 is 2.81 bits per heavy atom. The van der Waals surface area contributed by atoms with E-state index in [9.17, 15) is 9.59 Å². The zero-order valence-electron chi connectivity index (χ0n) is 9.88. The summed E-state index contributed by atoms with van der Waals surface area (Å²) in [6.07, 6.45) is 1.53. The van der Waals surface area contributed by atoms with E-state index in [1.54, 1.807) is 14.1 Å². The Morgan fingerprint density at radius 1 is 1.50 bits per heavy atom. The minimum absolute atomic E-state index is 0.0871. The van der Waals surface area contributed by atoms with Gasteiger partial charge in [0.2, 0.25) is 5.91 Å². The average Bonchev–Trinajstić information content (AvgIpc) is 2.63. The van der Waals surface area contributed by atoms with Crippen LogP contribution < -0.4 is 16.0 Å². The quantitative estimate of drug-likeness (QED) is 0.535. The van der Waals surface area contributed by atoms with Gasteiger partial charge >= 0.3 is 6.03 Å². The number of carbonyl (C=O) groups is 2. The first kappa shape index (κ1) is 12.8. The van der Waals surface area contributed by atoms with Crippen LogP contribution in [0.15, 0.2) is 0 Å². The fraction of sp³-hybridized carbons (Fsp3) is 0.800. The molecule has 1 aliphatic rings. The van der Waals surface area contributed by atoms with Crippen LogP contribution in [0.1, 0.15) is 12.8 Å². The summed E-state index contributed by atoms with van der Waals surface area (Å²) in [4.78, 5) is 23.5. The zero-order chi connectivity index (χ0) is 12.0. The summed E-state index contributed by atoms with van der Waals surface area (Å²) in [6, 6.07) is 0.160. The SMILES string of the molecule is CN(C)C(=O)NCCNCC1CCC(=O)N1. The van der Waals surface area contributed by atoms with Gasteiger partial charge in [-0.3, -0.25) is 4.79 Å². The van der Waals surface area contributed by atoms with Crippen LogP contribution >= 0.6 is 0 Å². The number of urea groups is 1. The summed E-state index contributed by atoms with van der Waals surface area (Å²) in [6.45, 7) is 2.08. The molecule has 1 aliphatic heterocycles. The fourth-order valence-electron chi connectivity index (χ4n) is 1.52. The van der Waals surface area contributed by atoms with Crippen molar-refractivity contribution in [2.24, 2.45) is 0 Å². The lowest BCUT2D eigenvalue weighted by Crippen LogP contribution is -2.41. The van der Waals surface area contributed by atoms with Gasteiger partial charge in [0, 0.05) is 46.2 Å². The molecule has 1 rings (SSSR count). The first-order valence-corrected chi connectivity index (χ1v) is 5.55. The molecule has 6 nitrogen and oxygen atoms in total. The summed E-state index contributed by atoms with van der Waals surface area (Å²) in [5.74, 6) is 0.132. The highest BCUT2D eigenvalue weighted by Crippen LogP contribution is 2.04. The first-order chi connectivity index (χ1) is 7.59. The van der Waals surface area contributed by atoms with Gasteiger partial charge in [-0.25, -0.2) is 4.79 Å². The van der Waals surface area contributed by atoms with Crippen molar-refractivity contribution in [2.45, 2.75) is 18.9 Å². The van der Waals surface area contributed by atoms with Crippen LogP contribution in [0, 0.1) is 0 Å². The van der Waals surface area contributed by atoms with Crippen molar-refractivity contribution in [1.29, 1.82) is 0 Å². The predicted molar refractivity (Wildman–Crippen MR) is 61.1 cm³/mol. The molecule has 0 aromatic rings. The van der Waals surface area contributed by atoms with Crippen molar-refractivity contribution < 1.29 is 9.59 Å². The molecule has 0 saturated carbocycles. The van der Waals surface area contributed by atoms with E-state index in [-0.39, 0.29) is 18.0 Å². The lowest BCUT2D eigenvalue weighted by molar-refractivity contribution is -0.119. The number of hydrogen-bond acceptors (Lipinski definition) is 3. The van der Waals surface area contributed by atoms with E-state index >= 15 is 0 Å². The molecule has 0 aliphatic carbocycles. The second-order valence-electron chi connectivity index (χ2n) is 4.13. The number of hydrogen-bond donors (Lipinski definition) is 3. The minimum Gasteiger partial charge on any atom is -0.352 e. The molecule has 0 aromatic heterocycles. The average molecular weight is 228 g/mol. The van der Waals surface area contributed by atoms with Crippen LogP contribution in [-0.4, -0.2) is 56.6 Å². The maximum atomic E-state index is 11.1. The molecule has 3 amide bonds. The topological polar surface area (TPSA) is 73.5 Å². The largest absolute Gasteiger partial charge is 0.352 e. The number of nitrogens with zero attached hydrogens (tertiary/aromatic N) is 1. The van der Waals surface area contributed by atoms with Crippen molar-refractivity contribution in [1.82, 2.24) is 20.9 Å². The van der Waals surface area contributed by atoms with Crippen molar-refractivity contribution in [3.63, 3.8) is 0 Å². The molecule has 6 heteroatoms. The highest BCUT2D eigenvalue weighted by Gasteiger charge is 2.19. The van der Waals surface area contributed by atoms with Gasteiger partial charge in [-0.1, -0.05) is 0 Å². The Bertz CT molecular complexity index is 255. The smallest absolute Gasteiger partial charge is 0.316 e. The lowest BCUT2D eigenvalue weighted by atomic mass is 10.2. The highest BCUT2D eigenvalue weighted by atomic mass is 16.2. The first-order valence-electron chi connectivity index (χ1n) is 5.55. The summed E-state index contributed by atoms with van der Waals surface area (Å²) in [5.41, 5.74) is 0. The van der Waals surface area contributed by atoms with E-state index < -0.39 is 0 Å². The molecule has 3 N–H and O–H groups in total. The number of nitrogens with one attached hydrogen (secondary N) is 3. The molecular weight excluding hydrogens is 208 g/mol. The Morgan fingerprint density at radius 2 is 2.25 bits per heavy atom. The van der Waals surface area contributed by atoms with Gasteiger partial charge in [0.25, 0.3) is 0 Å². The molecule has 1 heterocycles. The molecule has 92 valence electrons. The third-order valence-electron chi connectivity index (χ3n) is 2.46. The van der Waals surface area contributed by atoms with Gasteiger partial charge < -0.3 is 20.9 Å². The Kier molecular flexibility index (Phi) is 5.04. The van der Waals surface area contributed by atoms with Gasteiger partial charge in [0.15, 0.2) is 0 Å². The normalized spacial score (nSPS) is 19.4. The van der Waals surface area contributed by atoms with Gasteiger partial charge in [0.05, 0.1) is 0 Å². The number of rotatable bonds is 5. The van der Waals surface area contributed by atoms with Gasteiger partial charge in [-0.15, -0.1) is 0 Å². The van der Waals surface area contributed by atoms with Crippen LogP contribution in [0.4, 0.5) is 4.79 Å². The molecule has 1 fully saturated rings. The predicted octanol–water partition coefficient (Wildman–Crippen LogP) is -0.874. The van der Waals surface area contributed by atoms with Crippen molar-refractivity contribution in [3.8, 4) is 0 Å². The van der Waals surface area contributed by atoms with E-state index in [0.29, 0.717) is 19.5 Å². The van der Waals surface area contributed by atoms with Gasteiger partial charge in [-0.2, -0.15) is 0 Å². The van der Waals surface area contributed by atoms with Crippen LogP contribution in [-0.2, 0) is 4.79 Å². The van der Waals surface area contributed by atoms with Crippen molar-refractivity contribution in [3.05, 3.63) is 0 Å². The molecule has 16 heavy (non-hydrogen) atoms. The Labute approximate surface area is 95.8 Å². The second kappa shape index (κ2) is 6.32. The minimum atomic E-state index is -0.0871. The van der Waals surface area contributed by atoms with E-state index in [1.165, 1.54) is 4.90 Å². The van der Waals surface area contributed by atoms with Crippen LogP contribution in [0.2, 0.25) is 0 Å². The van der Waals surface area contributed by atoms with E-state index in [0.717, 1.165) is 13.0 Å². The van der Waals surface area contributed by atoms with Gasteiger partial charge in [0.1, 0.15) is 0 Å². The number of carbonyl (C=O) groups excluding carboxylic acids is 2. The molecule has 1 atom stereocenters. The molecule has 0 radical (unpaired) electrons. The molecule has 0 aromatic carbocycles. The van der Waals surface area contributed by atoms with E-state index in [2.05, 4.69) is 16.0 Å². The Balaban J connectivity index is 1.96. The van der Waals surface area contributed by atoms with Crippen LogP contribution in [0.3, 0.4) is 0 Å². The third kappa shape index (κ3) is 4.48. The standard InChI is InChI=1S/C10H20N4O2/c1-14(2)10(16)12-6-5-11-7-8-3-4-9(15)13-8/h8,11H,3-7H2,1-2H3,(H,12,16)(H,13,15). The summed E-state index contributed by atoms with van der Waals surface area (Å²) in [5, 5.41) is 8.82.